The van der Waals surface area contributed by atoms with Gasteiger partial charge in [0.15, 0.2) is 5.78 Å². The number of carbonyl (C=O) groups is 5. The first kappa shape index (κ1) is 20.7. The third kappa shape index (κ3) is 4.52. The van der Waals surface area contributed by atoms with Crippen molar-refractivity contribution in [3.8, 4) is 0 Å². The van der Waals surface area contributed by atoms with Gasteiger partial charge in [-0.3, -0.25) is 24.1 Å². The highest BCUT2D eigenvalue weighted by Crippen LogP contribution is 2.27. The number of imide groups is 2. The van der Waals surface area contributed by atoms with Crippen LogP contribution < -0.4 is 5.32 Å². The fraction of sp³-hybridized carbons (Fsp3) is 0.476. The normalized spacial score (nSPS) is 17.6. The molecular formula is C21H25N3O5. The summed E-state index contributed by atoms with van der Waals surface area (Å²) >= 11 is 0. The van der Waals surface area contributed by atoms with Gasteiger partial charge in [0.05, 0.1) is 6.54 Å². The fourth-order valence-corrected chi connectivity index (χ4v) is 3.70. The number of Topliss-reactive ketones (excluding diaryl/α,β-unsaturated/α-hetero) is 1. The Morgan fingerprint density at radius 1 is 1.03 bits per heavy atom. The molecule has 8 nitrogen and oxygen atoms in total. The third-order valence-electron chi connectivity index (χ3n) is 5.16. The first-order valence-electron chi connectivity index (χ1n) is 9.90. The summed E-state index contributed by atoms with van der Waals surface area (Å²) in [5.41, 5.74) is 0.849. The van der Waals surface area contributed by atoms with Crippen LogP contribution in [-0.2, 0) is 14.4 Å². The number of hydrogen-bond donors (Lipinski definition) is 1. The van der Waals surface area contributed by atoms with E-state index in [-0.39, 0.29) is 17.9 Å². The van der Waals surface area contributed by atoms with Crippen LogP contribution in [-0.4, -0.2) is 51.9 Å². The van der Waals surface area contributed by atoms with Crippen molar-refractivity contribution in [1.29, 1.82) is 0 Å². The highest BCUT2D eigenvalue weighted by atomic mass is 16.2. The van der Waals surface area contributed by atoms with Crippen molar-refractivity contribution in [3.63, 3.8) is 0 Å². The molecule has 0 atom stereocenters. The highest BCUT2D eigenvalue weighted by molar-refractivity contribution is 6.45. The van der Waals surface area contributed by atoms with Crippen LogP contribution in [0.3, 0.4) is 0 Å². The molecule has 8 heteroatoms. The average Bonchev–Trinajstić information content (AvgIpc) is 3.25. The van der Waals surface area contributed by atoms with E-state index < -0.39 is 30.2 Å². The van der Waals surface area contributed by atoms with Crippen LogP contribution in [0.25, 0.3) is 0 Å². The van der Waals surface area contributed by atoms with Crippen molar-refractivity contribution >= 4 is 35.2 Å². The maximum Gasteiger partial charge on any atom is 0.334 e. The number of hydrogen-bond acceptors (Lipinski definition) is 5. The third-order valence-corrected chi connectivity index (χ3v) is 5.16. The second-order valence-corrected chi connectivity index (χ2v) is 7.93. The largest absolute Gasteiger partial charge is 0.334 e. The van der Waals surface area contributed by atoms with Gasteiger partial charge >= 0.3 is 17.8 Å². The zero-order chi connectivity index (χ0) is 21.1. The molecule has 0 bridgehead atoms. The number of nitrogens with one attached hydrogen (secondary N) is 1. The molecule has 1 aromatic carbocycles. The van der Waals surface area contributed by atoms with Gasteiger partial charge in [0.2, 0.25) is 5.91 Å². The molecule has 154 valence electrons. The summed E-state index contributed by atoms with van der Waals surface area (Å²) in [6.07, 6.45) is 3.60. The lowest BCUT2D eigenvalue weighted by Gasteiger charge is -2.20. The van der Waals surface area contributed by atoms with Gasteiger partial charge in [0.25, 0.3) is 0 Å². The molecule has 2 fully saturated rings. The minimum absolute atomic E-state index is 0.113. The number of anilines is 1. The number of benzene rings is 1. The van der Waals surface area contributed by atoms with E-state index in [2.05, 4.69) is 5.32 Å². The predicted molar refractivity (Wildman–Crippen MR) is 105 cm³/mol. The van der Waals surface area contributed by atoms with Crippen LogP contribution in [0.4, 0.5) is 10.5 Å². The van der Waals surface area contributed by atoms with E-state index >= 15 is 0 Å². The molecule has 29 heavy (non-hydrogen) atoms. The Labute approximate surface area is 169 Å². The molecule has 2 aliphatic rings. The van der Waals surface area contributed by atoms with Crippen molar-refractivity contribution in [2.75, 3.05) is 11.9 Å². The van der Waals surface area contributed by atoms with Crippen molar-refractivity contribution in [3.05, 3.63) is 29.8 Å². The predicted octanol–water partition coefficient (Wildman–Crippen LogP) is 2.59. The van der Waals surface area contributed by atoms with Gasteiger partial charge in [-0.2, -0.15) is 0 Å². The van der Waals surface area contributed by atoms with Crippen molar-refractivity contribution in [2.24, 2.45) is 5.92 Å². The molecule has 0 radical (unpaired) electrons. The Morgan fingerprint density at radius 2 is 1.66 bits per heavy atom. The zero-order valence-electron chi connectivity index (χ0n) is 16.6. The van der Waals surface area contributed by atoms with Crippen molar-refractivity contribution < 1.29 is 24.0 Å². The van der Waals surface area contributed by atoms with E-state index in [1.54, 1.807) is 12.1 Å². The van der Waals surface area contributed by atoms with Gasteiger partial charge < -0.3 is 5.32 Å². The van der Waals surface area contributed by atoms with Gasteiger partial charge in [-0.15, -0.1) is 0 Å². The minimum atomic E-state index is -0.951. The lowest BCUT2D eigenvalue weighted by atomic mass is 10.1. The van der Waals surface area contributed by atoms with Crippen LogP contribution >= 0.6 is 0 Å². The summed E-state index contributed by atoms with van der Waals surface area (Å²) < 4.78 is 0. The Bertz CT molecular complexity index is 840. The van der Waals surface area contributed by atoms with E-state index in [9.17, 15) is 24.0 Å². The Kier molecular flexibility index (Phi) is 6.10. The summed E-state index contributed by atoms with van der Waals surface area (Å²) in [4.78, 5) is 63.1. The fourth-order valence-electron chi connectivity index (χ4n) is 3.70. The molecular weight excluding hydrogens is 374 g/mol. The molecule has 1 aromatic rings. The minimum Gasteiger partial charge on any atom is -0.326 e. The number of nitrogens with zero attached hydrogens (tertiary/aromatic N) is 2. The molecule has 1 saturated carbocycles. The molecule has 0 unspecified atom stereocenters. The average molecular weight is 399 g/mol. The Balaban J connectivity index is 1.63. The van der Waals surface area contributed by atoms with E-state index in [0.717, 1.165) is 22.6 Å². The molecule has 5 amide bonds. The lowest BCUT2D eigenvalue weighted by Crippen LogP contribution is -2.41. The topological polar surface area (TPSA) is 104 Å². The summed E-state index contributed by atoms with van der Waals surface area (Å²) in [6, 6.07) is 5.26. The first-order valence-corrected chi connectivity index (χ1v) is 9.90. The zero-order valence-corrected chi connectivity index (χ0v) is 16.6. The van der Waals surface area contributed by atoms with Crippen LogP contribution in [0.1, 0.15) is 56.3 Å². The smallest absolute Gasteiger partial charge is 0.326 e. The standard InChI is InChI=1S/C21H25N3O5/c1-13(2)11-18(26)22-15-9-7-14(8-10-15)17(25)12-23-19(27)20(28)24(21(23)29)16-5-3-4-6-16/h7-10,13,16H,3-6,11-12H2,1-2H3,(H,22,26). The Morgan fingerprint density at radius 3 is 2.24 bits per heavy atom. The van der Waals surface area contributed by atoms with Crippen LogP contribution in [0, 0.1) is 5.92 Å². The monoisotopic (exact) mass is 399 g/mol. The SMILES string of the molecule is CC(C)CC(=O)Nc1ccc(C(=O)CN2C(=O)C(=O)N(C3CCCC3)C2=O)cc1. The second kappa shape index (κ2) is 8.55. The maximum absolute atomic E-state index is 12.6. The van der Waals surface area contributed by atoms with Gasteiger partial charge in [-0.1, -0.05) is 26.7 Å². The Hall–Kier alpha value is -3.03. The number of urea groups is 1. The molecule has 1 heterocycles. The number of amides is 5. The van der Waals surface area contributed by atoms with E-state index in [1.165, 1.54) is 12.1 Å². The van der Waals surface area contributed by atoms with Gasteiger partial charge in [0.1, 0.15) is 0 Å². The summed E-state index contributed by atoms with van der Waals surface area (Å²) in [5.74, 6) is -2.13. The molecule has 3 rings (SSSR count). The molecule has 1 saturated heterocycles. The molecule has 0 spiro atoms. The summed E-state index contributed by atoms with van der Waals surface area (Å²) in [7, 11) is 0. The highest BCUT2D eigenvalue weighted by Gasteiger charge is 2.48. The van der Waals surface area contributed by atoms with Gasteiger partial charge in [0, 0.05) is 23.7 Å². The molecule has 1 aliphatic carbocycles. The molecule has 1 N–H and O–H groups in total. The van der Waals surface area contributed by atoms with Crippen LogP contribution in [0.2, 0.25) is 0 Å². The van der Waals surface area contributed by atoms with Crippen molar-refractivity contribution in [1.82, 2.24) is 9.80 Å². The maximum atomic E-state index is 12.6. The quantitative estimate of drug-likeness (QED) is 0.431. The second-order valence-electron chi connectivity index (χ2n) is 7.93. The van der Waals surface area contributed by atoms with E-state index in [0.29, 0.717) is 30.5 Å². The summed E-state index contributed by atoms with van der Waals surface area (Å²) in [5, 5.41) is 2.75. The van der Waals surface area contributed by atoms with Crippen molar-refractivity contribution in [2.45, 2.75) is 52.0 Å². The number of carbonyl (C=O) groups excluding carboxylic acids is 5. The van der Waals surface area contributed by atoms with E-state index in [4.69, 9.17) is 0 Å². The molecule has 1 aliphatic heterocycles. The van der Waals surface area contributed by atoms with Gasteiger partial charge in [-0.05, 0) is 43.0 Å². The number of ketones is 1. The first-order chi connectivity index (χ1) is 13.8. The van der Waals surface area contributed by atoms with Crippen LogP contribution in [0.5, 0.6) is 0 Å². The van der Waals surface area contributed by atoms with Crippen LogP contribution in [0.15, 0.2) is 24.3 Å². The summed E-state index contributed by atoms with van der Waals surface area (Å²) in [6.45, 7) is 3.41. The van der Waals surface area contributed by atoms with Gasteiger partial charge in [-0.25, -0.2) is 9.69 Å². The lowest BCUT2D eigenvalue weighted by molar-refractivity contribution is -0.143. The van der Waals surface area contributed by atoms with E-state index in [1.807, 2.05) is 13.8 Å². The molecule has 0 aromatic heterocycles. The number of rotatable bonds is 7.